The lowest BCUT2D eigenvalue weighted by atomic mass is 9.75. The maximum absolute atomic E-state index is 8.60. The number of ether oxygens (including phenoxy) is 2. The zero-order chi connectivity index (χ0) is 12.7. The van der Waals surface area contributed by atoms with Crippen LogP contribution < -0.4 is 0 Å². The minimum atomic E-state index is 0.0923. The topological polar surface area (TPSA) is 38.7 Å². The molecule has 3 atom stereocenters. The van der Waals surface area contributed by atoms with Crippen molar-refractivity contribution in [1.82, 2.24) is 0 Å². The molecule has 0 aliphatic heterocycles. The SMILES string of the molecule is CC1CCC(C(C)C)[C@H](OCCOCCO)C1. The van der Waals surface area contributed by atoms with Crippen molar-refractivity contribution in [1.29, 1.82) is 0 Å². The van der Waals surface area contributed by atoms with Crippen LogP contribution in [0, 0.1) is 17.8 Å². The Bertz CT molecular complexity index is 194. The van der Waals surface area contributed by atoms with Gasteiger partial charge in [-0.05, 0) is 30.6 Å². The molecular weight excluding hydrogens is 216 g/mol. The Hall–Kier alpha value is -0.120. The first kappa shape index (κ1) is 14.9. The van der Waals surface area contributed by atoms with Crippen molar-refractivity contribution in [2.75, 3.05) is 26.4 Å². The van der Waals surface area contributed by atoms with Crippen LogP contribution in [0.15, 0.2) is 0 Å². The molecule has 2 unspecified atom stereocenters. The van der Waals surface area contributed by atoms with Crippen LogP contribution in [-0.2, 0) is 9.47 Å². The van der Waals surface area contributed by atoms with E-state index in [0.717, 1.165) is 5.92 Å². The van der Waals surface area contributed by atoms with Crippen LogP contribution in [0.3, 0.4) is 0 Å². The van der Waals surface area contributed by atoms with Gasteiger partial charge >= 0.3 is 0 Å². The fourth-order valence-corrected chi connectivity index (χ4v) is 2.73. The van der Waals surface area contributed by atoms with Crippen LogP contribution >= 0.6 is 0 Å². The van der Waals surface area contributed by atoms with Gasteiger partial charge in [0.2, 0.25) is 0 Å². The molecule has 0 radical (unpaired) electrons. The minimum absolute atomic E-state index is 0.0923. The standard InChI is InChI=1S/C14H28O3/c1-11(2)13-5-4-12(3)10-14(13)17-9-8-16-7-6-15/h11-15H,4-10H2,1-3H3/t12?,13?,14-/m1/s1. The summed E-state index contributed by atoms with van der Waals surface area (Å²) >= 11 is 0. The molecule has 17 heavy (non-hydrogen) atoms. The summed E-state index contributed by atoms with van der Waals surface area (Å²) in [7, 11) is 0. The third kappa shape index (κ3) is 5.36. The zero-order valence-electron chi connectivity index (χ0n) is 11.5. The summed E-state index contributed by atoms with van der Waals surface area (Å²) in [6, 6.07) is 0. The van der Waals surface area contributed by atoms with Crippen molar-refractivity contribution in [2.24, 2.45) is 17.8 Å². The molecule has 0 heterocycles. The molecule has 0 spiro atoms. The second-order valence-electron chi connectivity index (χ2n) is 5.57. The van der Waals surface area contributed by atoms with E-state index in [9.17, 15) is 0 Å². The van der Waals surface area contributed by atoms with E-state index in [4.69, 9.17) is 14.6 Å². The predicted octanol–water partition coefficient (Wildman–Crippen LogP) is 2.47. The summed E-state index contributed by atoms with van der Waals surface area (Å²) in [4.78, 5) is 0. The second-order valence-corrected chi connectivity index (χ2v) is 5.57. The van der Waals surface area contributed by atoms with E-state index in [-0.39, 0.29) is 6.61 Å². The van der Waals surface area contributed by atoms with Crippen molar-refractivity contribution >= 4 is 0 Å². The number of aliphatic hydroxyl groups excluding tert-OH is 1. The average molecular weight is 244 g/mol. The quantitative estimate of drug-likeness (QED) is 0.699. The molecule has 3 heteroatoms. The highest BCUT2D eigenvalue weighted by molar-refractivity contribution is 4.81. The van der Waals surface area contributed by atoms with Crippen molar-refractivity contribution < 1.29 is 14.6 Å². The Morgan fingerprint density at radius 1 is 1.18 bits per heavy atom. The molecule has 0 aromatic carbocycles. The highest BCUT2D eigenvalue weighted by atomic mass is 16.5. The molecule has 3 nitrogen and oxygen atoms in total. The van der Waals surface area contributed by atoms with Gasteiger partial charge in [-0.3, -0.25) is 0 Å². The van der Waals surface area contributed by atoms with E-state index in [1.165, 1.54) is 19.3 Å². The molecule has 1 N–H and O–H groups in total. The molecular formula is C14H28O3. The van der Waals surface area contributed by atoms with Gasteiger partial charge in [-0.25, -0.2) is 0 Å². The van der Waals surface area contributed by atoms with Gasteiger partial charge in [0.05, 0.1) is 32.5 Å². The van der Waals surface area contributed by atoms with Crippen LogP contribution in [0.25, 0.3) is 0 Å². The first-order valence-corrected chi connectivity index (χ1v) is 6.95. The highest BCUT2D eigenvalue weighted by Gasteiger charge is 2.31. The van der Waals surface area contributed by atoms with E-state index >= 15 is 0 Å². The summed E-state index contributed by atoms with van der Waals surface area (Å²) in [5.74, 6) is 2.18. The Labute approximate surface area is 105 Å². The molecule has 1 rings (SSSR count). The van der Waals surface area contributed by atoms with Crippen molar-refractivity contribution in [3.8, 4) is 0 Å². The Morgan fingerprint density at radius 3 is 2.59 bits per heavy atom. The Morgan fingerprint density at radius 2 is 1.94 bits per heavy atom. The molecule has 0 aromatic rings. The third-order valence-corrected chi connectivity index (χ3v) is 3.76. The number of hydrogen-bond donors (Lipinski definition) is 1. The molecule has 102 valence electrons. The Balaban J connectivity index is 2.26. The minimum Gasteiger partial charge on any atom is -0.394 e. The van der Waals surface area contributed by atoms with Crippen LogP contribution in [0.1, 0.15) is 40.0 Å². The molecule has 0 bridgehead atoms. The third-order valence-electron chi connectivity index (χ3n) is 3.76. The lowest BCUT2D eigenvalue weighted by molar-refractivity contribution is -0.0601. The maximum atomic E-state index is 8.60. The first-order chi connectivity index (χ1) is 8.15. The van der Waals surface area contributed by atoms with Crippen LogP contribution in [0.4, 0.5) is 0 Å². The molecule has 0 aromatic heterocycles. The van der Waals surface area contributed by atoms with E-state index in [0.29, 0.717) is 37.8 Å². The molecule has 1 aliphatic rings. The summed E-state index contributed by atoms with van der Waals surface area (Å²) in [6.45, 7) is 8.65. The molecule has 1 saturated carbocycles. The molecule has 0 amide bonds. The van der Waals surface area contributed by atoms with E-state index in [1.54, 1.807) is 0 Å². The lowest BCUT2D eigenvalue weighted by Crippen LogP contribution is -2.35. The number of hydrogen-bond acceptors (Lipinski definition) is 3. The van der Waals surface area contributed by atoms with Crippen LogP contribution in [0.5, 0.6) is 0 Å². The van der Waals surface area contributed by atoms with Gasteiger partial charge in [0.1, 0.15) is 0 Å². The first-order valence-electron chi connectivity index (χ1n) is 6.95. The van der Waals surface area contributed by atoms with Gasteiger partial charge in [-0.1, -0.05) is 27.2 Å². The van der Waals surface area contributed by atoms with Gasteiger partial charge in [-0.2, -0.15) is 0 Å². The van der Waals surface area contributed by atoms with Gasteiger partial charge < -0.3 is 14.6 Å². The Kier molecular flexibility index (Phi) is 7.09. The van der Waals surface area contributed by atoms with Gasteiger partial charge in [-0.15, -0.1) is 0 Å². The van der Waals surface area contributed by atoms with Crippen molar-refractivity contribution in [2.45, 2.75) is 46.1 Å². The molecule has 1 fully saturated rings. The smallest absolute Gasteiger partial charge is 0.0704 e. The second kappa shape index (κ2) is 8.06. The fraction of sp³-hybridized carbons (Fsp3) is 1.00. The van der Waals surface area contributed by atoms with Crippen molar-refractivity contribution in [3.05, 3.63) is 0 Å². The molecule has 1 aliphatic carbocycles. The average Bonchev–Trinajstić information content (AvgIpc) is 2.28. The van der Waals surface area contributed by atoms with Crippen LogP contribution in [-0.4, -0.2) is 37.6 Å². The lowest BCUT2D eigenvalue weighted by Gasteiger charge is -2.37. The highest BCUT2D eigenvalue weighted by Crippen LogP contribution is 2.35. The monoisotopic (exact) mass is 244 g/mol. The van der Waals surface area contributed by atoms with Gasteiger partial charge in [0.25, 0.3) is 0 Å². The summed E-state index contributed by atoms with van der Waals surface area (Å²) in [5.41, 5.74) is 0. The summed E-state index contributed by atoms with van der Waals surface area (Å²) in [5, 5.41) is 8.60. The zero-order valence-corrected chi connectivity index (χ0v) is 11.5. The largest absolute Gasteiger partial charge is 0.394 e. The van der Waals surface area contributed by atoms with Crippen molar-refractivity contribution in [3.63, 3.8) is 0 Å². The maximum Gasteiger partial charge on any atom is 0.0704 e. The van der Waals surface area contributed by atoms with E-state index in [1.807, 2.05) is 0 Å². The van der Waals surface area contributed by atoms with Gasteiger partial charge in [0, 0.05) is 0 Å². The number of rotatable bonds is 7. The van der Waals surface area contributed by atoms with Gasteiger partial charge in [0.15, 0.2) is 0 Å². The molecule has 0 saturated heterocycles. The summed E-state index contributed by atoms with van der Waals surface area (Å²) in [6.07, 6.45) is 4.21. The predicted molar refractivity (Wildman–Crippen MR) is 69.0 cm³/mol. The van der Waals surface area contributed by atoms with Crippen LogP contribution in [0.2, 0.25) is 0 Å². The van der Waals surface area contributed by atoms with E-state index < -0.39 is 0 Å². The normalized spacial score (nSPS) is 29.8. The number of aliphatic hydroxyl groups is 1. The van der Waals surface area contributed by atoms with E-state index in [2.05, 4.69) is 20.8 Å². The fourth-order valence-electron chi connectivity index (χ4n) is 2.73. The summed E-state index contributed by atoms with van der Waals surface area (Å²) < 4.78 is 11.2.